The molecule has 5 rings (SSSR count). The number of Topliss-reactive ketones (excluding diaryl/α,β-unsaturated/α-hetero) is 2. The summed E-state index contributed by atoms with van der Waals surface area (Å²) >= 11 is 0. The van der Waals surface area contributed by atoms with Crippen LogP contribution in [0.4, 0.5) is 28.9 Å². The number of rotatable bonds is 3. The predicted molar refractivity (Wildman–Crippen MR) is 155 cm³/mol. The average molecular weight is 595 g/mol. The van der Waals surface area contributed by atoms with Crippen molar-refractivity contribution in [1.82, 2.24) is 0 Å². The number of anilines is 2. The number of carbonyl (C=O) groups excluding carboxylic acids is 3. The largest absolute Gasteiger partial charge is 0.507 e. The van der Waals surface area contributed by atoms with Crippen LogP contribution in [0, 0.1) is 29.2 Å². The second-order valence-electron chi connectivity index (χ2n) is 12.9. The van der Waals surface area contributed by atoms with E-state index in [-0.39, 0.29) is 11.4 Å². The summed E-state index contributed by atoms with van der Waals surface area (Å²) in [5.74, 6) is -12.6. The number of halogens is 4. The van der Waals surface area contributed by atoms with Crippen LogP contribution in [0.25, 0.3) is 6.08 Å². The van der Waals surface area contributed by atoms with Gasteiger partial charge in [0, 0.05) is 16.7 Å². The van der Waals surface area contributed by atoms with E-state index in [0.29, 0.717) is 27.9 Å². The van der Waals surface area contributed by atoms with Crippen molar-refractivity contribution < 1.29 is 37.1 Å². The molecule has 0 radical (unpaired) electrons. The van der Waals surface area contributed by atoms with Crippen molar-refractivity contribution in [3.05, 3.63) is 93.1 Å². The highest BCUT2D eigenvalue weighted by molar-refractivity contribution is 6.27. The van der Waals surface area contributed by atoms with Crippen molar-refractivity contribution in [3.8, 4) is 5.75 Å². The minimum Gasteiger partial charge on any atom is -0.507 e. The summed E-state index contributed by atoms with van der Waals surface area (Å²) < 4.78 is 56.8. The second-order valence-corrected chi connectivity index (χ2v) is 12.9. The third kappa shape index (κ3) is 4.88. The van der Waals surface area contributed by atoms with Gasteiger partial charge in [-0.05, 0) is 34.6 Å². The van der Waals surface area contributed by atoms with E-state index in [0.717, 1.165) is 0 Å². The highest BCUT2D eigenvalue weighted by atomic mass is 19.2. The van der Waals surface area contributed by atoms with Gasteiger partial charge in [0.1, 0.15) is 11.7 Å². The number of aromatic hydroxyl groups is 1. The first kappa shape index (κ1) is 30.0. The molecule has 1 unspecified atom stereocenters. The van der Waals surface area contributed by atoms with Gasteiger partial charge in [-0.15, -0.1) is 0 Å². The lowest BCUT2D eigenvalue weighted by molar-refractivity contribution is 0.0830. The summed E-state index contributed by atoms with van der Waals surface area (Å²) in [5, 5.41) is 16.9. The number of hydrogen-bond donors (Lipinski definition) is 3. The minimum absolute atomic E-state index is 0.114. The Bertz CT molecular complexity index is 1680. The molecule has 1 atom stereocenters. The molecule has 224 valence electrons. The molecule has 3 aromatic carbocycles. The topological polar surface area (TPSA) is 95.5 Å². The zero-order chi connectivity index (χ0) is 31.8. The molecule has 1 heterocycles. The number of carbonyl (C=O) groups is 3. The lowest BCUT2D eigenvalue weighted by Crippen LogP contribution is -2.36. The van der Waals surface area contributed by atoms with Crippen LogP contribution in [-0.2, 0) is 10.8 Å². The average Bonchev–Trinajstić information content (AvgIpc) is 3.19. The monoisotopic (exact) mass is 594 g/mol. The first-order valence-corrected chi connectivity index (χ1v) is 13.6. The lowest BCUT2D eigenvalue weighted by Gasteiger charge is -2.29. The molecule has 3 N–H and O–H groups in total. The van der Waals surface area contributed by atoms with Gasteiger partial charge >= 0.3 is 0 Å². The molecule has 6 nitrogen and oxygen atoms in total. The molecule has 0 saturated heterocycles. The molecule has 0 aromatic heterocycles. The van der Waals surface area contributed by atoms with Crippen LogP contribution >= 0.6 is 0 Å². The van der Waals surface area contributed by atoms with Gasteiger partial charge in [0.2, 0.25) is 0 Å². The number of phenols is 1. The lowest BCUT2D eigenvalue weighted by atomic mass is 9.78. The number of fused-ring (bicyclic) bond motifs is 2. The van der Waals surface area contributed by atoms with Crippen LogP contribution in [0.3, 0.4) is 0 Å². The Kier molecular flexibility index (Phi) is 7.02. The molecule has 0 fully saturated rings. The van der Waals surface area contributed by atoms with Crippen molar-refractivity contribution >= 4 is 34.9 Å². The van der Waals surface area contributed by atoms with E-state index in [1.807, 2.05) is 41.5 Å². The number of ketones is 2. The van der Waals surface area contributed by atoms with E-state index in [2.05, 4.69) is 10.6 Å². The SMILES string of the molecule is CC(C)(C)c1cc(C(=O)Nc2cccc3c2NC(C2C(=O)c4c(F)c(F)c(F)c(F)c4C2=O)C=C3)cc(C(C)(C)C)c1O. The van der Waals surface area contributed by atoms with Gasteiger partial charge in [-0.3, -0.25) is 14.4 Å². The van der Waals surface area contributed by atoms with Crippen molar-refractivity contribution in [3.63, 3.8) is 0 Å². The molecule has 1 amide bonds. The minimum atomic E-state index is -2.17. The quantitative estimate of drug-likeness (QED) is 0.128. The van der Waals surface area contributed by atoms with Crippen LogP contribution in [0.1, 0.15) is 89.3 Å². The van der Waals surface area contributed by atoms with Crippen LogP contribution in [0.15, 0.2) is 36.4 Å². The maximum absolute atomic E-state index is 14.5. The van der Waals surface area contributed by atoms with Crippen LogP contribution in [0.5, 0.6) is 5.75 Å². The molecular weight excluding hydrogens is 564 g/mol. The maximum Gasteiger partial charge on any atom is 0.255 e. The molecule has 43 heavy (non-hydrogen) atoms. The fourth-order valence-electron chi connectivity index (χ4n) is 5.55. The van der Waals surface area contributed by atoms with Gasteiger partial charge in [-0.25, -0.2) is 17.6 Å². The van der Waals surface area contributed by atoms with Crippen LogP contribution < -0.4 is 10.6 Å². The third-order valence-corrected chi connectivity index (χ3v) is 7.81. The number of amides is 1. The predicted octanol–water partition coefficient (Wildman–Crippen LogP) is 7.30. The first-order chi connectivity index (χ1) is 19.9. The zero-order valence-electron chi connectivity index (χ0n) is 24.4. The van der Waals surface area contributed by atoms with Gasteiger partial charge in [-0.2, -0.15) is 0 Å². The Hall–Kier alpha value is -4.47. The molecule has 1 aliphatic heterocycles. The van der Waals surface area contributed by atoms with Gasteiger partial charge in [0.25, 0.3) is 5.91 Å². The maximum atomic E-state index is 14.5. The highest BCUT2D eigenvalue weighted by Crippen LogP contribution is 2.42. The van der Waals surface area contributed by atoms with E-state index in [9.17, 15) is 37.1 Å². The number of para-hydroxylation sites is 1. The van der Waals surface area contributed by atoms with E-state index in [1.54, 1.807) is 36.4 Å². The number of benzene rings is 3. The highest BCUT2D eigenvalue weighted by Gasteiger charge is 2.49. The smallest absolute Gasteiger partial charge is 0.255 e. The van der Waals surface area contributed by atoms with E-state index < -0.39 is 74.7 Å². The Labute approximate surface area is 245 Å². The van der Waals surface area contributed by atoms with Gasteiger partial charge < -0.3 is 15.7 Å². The van der Waals surface area contributed by atoms with Crippen LogP contribution in [0.2, 0.25) is 0 Å². The third-order valence-electron chi connectivity index (χ3n) is 7.81. The van der Waals surface area contributed by atoms with Gasteiger partial charge in [0.15, 0.2) is 34.8 Å². The molecule has 3 aromatic rings. The fourth-order valence-corrected chi connectivity index (χ4v) is 5.55. The number of phenolic OH excluding ortho intramolecular Hbond substituents is 1. The van der Waals surface area contributed by atoms with Gasteiger partial charge in [0.05, 0.1) is 28.5 Å². The Morgan fingerprint density at radius 1 is 0.837 bits per heavy atom. The second kappa shape index (κ2) is 10.1. The zero-order valence-corrected chi connectivity index (χ0v) is 24.4. The van der Waals surface area contributed by atoms with Crippen molar-refractivity contribution in [2.45, 2.75) is 58.4 Å². The molecule has 2 aliphatic rings. The summed E-state index contributed by atoms with van der Waals surface area (Å²) in [7, 11) is 0. The van der Waals surface area contributed by atoms with E-state index >= 15 is 0 Å². The Morgan fingerprint density at radius 2 is 1.35 bits per heavy atom. The molecular formula is C33H30F4N2O4. The van der Waals surface area contributed by atoms with Gasteiger partial charge in [-0.1, -0.05) is 65.8 Å². The molecule has 0 spiro atoms. The standard InChI is InChI=1S/C33H30F4N2O4/c1-32(2,3)16-12-15(13-17(28(16)40)33(4,5)6)31(43)39-19-9-7-8-14-10-11-18(38-27(14)19)20-29(41)21-22(30(20)42)24(35)26(37)25(36)23(21)34/h7-13,18,20,38,40H,1-6H3,(H,39,43). The molecule has 1 aliphatic carbocycles. The van der Waals surface area contributed by atoms with E-state index in [1.165, 1.54) is 6.08 Å². The Balaban J connectivity index is 1.49. The molecule has 0 saturated carbocycles. The fraction of sp³-hybridized carbons (Fsp3) is 0.303. The Morgan fingerprint density at radius 3 is 1.84 bits per heavy atom. The first-order valence-electron chi connectivity index (χ1n) is 13.6. The van der Waals surface area contributed by atoms with Crippen molar-refractivity contribution in [2.24, 2.45) is 5.92 Å². The summed E-state index contributed by atoms with van der Waals surface area (Å²) in [4.78, 5) is 39.7. The van der Waals surface area contributed by atoms with Crippen molar-refractivity contribution in [1.29, 1.82) is 0 Å². The summed E-state index contributed by atoms with van der Waals surface area (Å²) in [6, 6.07) is 7.08. The summed E-state index contributed by atoms with van der Waals surface area (Å²) in [6.07, 6.45) is 3.01. The summed E-state index contributed by atoms with van der Waals surface area (Å²) in [6.45, 7) is 11.5. The number of hydrogen-bond acceptors (Lipinski definition) is 5. The molecule has 0 bridgehead atoms. The normalized spacial score (nSPS) is 16.7. The van der Waals surface area contributed by atoms with Crippen LogP contribution in [-0.4, -0.2) is 28.6 Å². The van der Waals surface area contributed by atoms with Crippen molar-refractivity contribution in [2.75, 3.05) is 10.6 Å². The van der Waals surface area contributed by atoms with E-state index in [4.69, 9.17) is 0 Å². The summed E-state index contributed by atoms with van der Waals surface area (Å²) in [5.41, 5.74) is -0.541. The number of nitrogens with one attached hydrogen (secondary N) is 2. The molecule has 10 heteroatoms.